The minimum Gasteiger partial charge on any atom is -0.371 e. The number of Topliss-reactive ketones (excluding diaryl/α,β-unsaturated/α-hetero) is 1. The van der Waals surface area contributed by atoms with Crippen LogP contribution in [0.25, 0.3) is 10.9 Å². The number of hydrogen-bond acceptors (Lipinski definition) is 6. The smallest absolute Gasteiger partial charge is 0.169 e. The van der Waals surface area contributed by atoms with Gasteiger partial charge < -0.3 is 10.6 Å². The summed E-state index contributed by atoms with van der Waals surface area (Å²) in [5, 5.41) is 7.20. The van der Waals surface area contributed by atoms with Crippen LogP contribution in [0.1, 0.15) is 24.2 Å². The molecule has 4 nitrogen and oxygen atoms in total. The first-order valence-electron chi connectivity index (χ1n) is 8.75. The van der Waals surface area contributed by atoms with Crippen LogP contribution in [0.4, 0.5) is 0 Å². The van der Waals surface area contributed by atoms with Gasteiger partial charge in [0.15, 0.2) is 5.78 Å². The van der Waals surface area contributed by atoms with E-state index < -0.39 is 0 Å². The Hall–Kier alpha value is -1.22. The molecule has 0 saturated carbocycles. The normalized spacial score (nSPS) is 10.8. The Bertz CT molecular complexity index is 790. The van der Waals surface area contributed by atoms with Gasteiger partial charge in [-0.3, -0.25) is 9.78 Å². The van der Waals surface area contributed by atoms with Crippen LogP contribution < -0.4 is 10.6 Å². The van der Waals surface area contributed by atoms with E-state index in [1.807, 2.05) is 44.2 Å². The number of nitrogens with zero attached hydrogens (tertiary/aromatic N) is 1. The van der Waals surface area contributed by atoms with E-state index in [-0.39, 0.29) is 11.7 Å². The molecule has 0 unspecified atom stereocenters. The number of hydrogen-bond donors (Lipinski definition) is 2. The molecule has 0 bridgehead atoms. The Labute approximate surface area is 179 Å². The first kappa shape index (κ1) is 22.1. The van der Waals surface area contributed by atoms with Crippen molar-refractivity contribution in [2.24, 2.45) is 5.92 Å². The zero-order valence-electron chi connectivity index (χ0n) is 15.4. The lowest BCUT2D eigenvalue weighted by molar-refractivity contribution is 0.0944. The van der Waals surface area contributed by atoms with Crippen LogP contribution in [0.2, 0.25) is 0 Å². The zero-order valence-corrected chi connectivity index (χ0v) is 18.6. The van der Waals surface area contributed by atoms with Crippen LogP contribution in [0, 0.1) is 5.92 Å². The summed E-state index contributed by atoms with van der Waals surface area (Å²) < 4.78 is 1.43. The number of rotatable bonds is 8. The van der Waals surface area contributed by atoms with Crippen LogP contribution in [-0.2, 0) is 0 Å². The van der Waals surface area contributed by atoms with E-state index >= 15 is 0 Å². The van der Waals surface area contributed by atoms with Crippen LogP contribution in [0.3, 0.4) is 0 Å². The number of fused-ring (bicyclic) bond motifs is 1. The number of carbonyl (C=O) groups excluding carboxylic acids is 1. The van der Waals surface area contributed by atoms with Crippen LogP contribution in [0.5, 0.6) is 0 Å². The fraction of sp³-hybridized carbons (Fsp3) is 0.368. The van der Waals surface area contributed by atoms with Gasteiger partial charge in [0.05, 0.1) is 5.52 Å². The van der Waals surface area contributed by atoms with Crippen molar-refractivity contribution in [2.75, 3.05) is 24.6 Å². The summed E-state index contributed by atoms with van der Waals surface area (Å²) in [6.07, 6.45) is 1.66. The predicted octanol–water partition coefficient (Wildman–Crippen LogP) is 4.29. The molecule has 0 saturated heterocycles. The molecule has 0 fully saturated rings. The minimum atomic E-state index is -0.198. The SMILES string of the molecule is CCNC(=S)SCC(CSC(=S)NCC)C(=O)c1cnc2ccccc2c1. The average Bonchev–Trinajstić information content (AvgIpc) is 2.67. The topological polar surface area (TPSA) is 54.0 Å². The lowest BCUT2D eigenvalue weighted by atomic mass is 10.0. The Kier molecular flexibility index (Phi) is 9.47. The number of para-hydroxylation sites is 1. The molecular formula is C19H23N3OS4. The van der Waals surface area contributed by atoms with Gasteiger partial charge in [-0.05, 0) is 26.0 Å². The standard InChI is InChI=1S/C19H23N3OS4/c1-3-20-18(24)26-11-15(12-27-19(25)21-4-2)17(23)14-9-13-7-5-6-8-16(13)22-10-14/h5-10,15H,3-4,11-12H2,1-2H3,(H,20,24)(H,21,25). The van der Waals surface area contributed by atoms with Crippen LogP contribution >= 0.6 is 48.0 Å². The molecule has 27 heavy (non-hydrogen) atoms. The molecule has 2 aromatic rings. The molecule has 0 amide bonds. The molecule has 2 rings (SSSR count). The summed E-state index contributed by atoms with van der Waals surface area (Å²) in [6.45, 7) is 5.55. The monoisotopic (exact) mass is 437 g/mol. The molecule has 1 aromatic carbocycles. The van der Waals surface area contributed by atoms with Crippen molar-refractivity contribution >= 4 is 73.3 Å². The summed E-state index contributed by atoms with van der Waals surface area (Å²) >= 11 is 13.6. The van der Waals surface area contributed by atoms with E-state index in [1.165, 1.54) is 23.5 Å². The second-order valence-electron chi connectivity index (χ2n) is 5.74. The maximum Gasteiger partial charge on any atom is 0.169 e. The maximum atomic E-state index is 13.1. The molecule has 0 aliphatic rings. The first-order chi connectivity index (χ1) is 13.0. The largest absolute Gasteiger partial charge is 0.371 e. The third-order valence-electron chi connectivity index (χ3n) is 3.72. The minimum absolute atomic E-state index is 0.0758. The molecule has 0 spiro atoms. The second-order valence-corrected chi connectivity index (χ2v) is 9.13. The molecule has 0 aliphatic carbocycles. The van der Waals surface area contributed by atoms with Gasteiger partial charge in [0.25, 0.3) is 0 Å². The molecule has 0 atom stereocenters. The highest BCUT2D eigenvalue weighted by atomic mass is 32.2. The summed E-state index contributed by atoms with van der Waals surface area (Å²) in [7, 11) is 0. The molecular weight excluding hydrogens is 414 g/mol. The van der Waals surface area contributed by atoms with Crippen molar-refractivity contribution in [3.63, 3.8) is 0 Å². The molecule has 0 aliphatic heterocycles. The third-order valence-corrected chi connectivity index (χ3v) is 6.67. The predicted molar refractivity (Wildman–Crippen MR) is 127 cm³/mol. The van der Waals surface area contributed by atoms with Crippen molar-refractivity contribution in [2.45, 2.75) is 13.8 Å². The number of thioether (sulfide) groups is 2. The Morgan fingerprint density at radius 1 is 1.07 bits per heavy atom. The number of thiocarbonyl (C=S) groups is 2. The van der Waals surface area contributed by atoms with Crippen molar-refractivity contribution in [3.8, 4) is 0 Å². The fourth-order valence-electron chi connectivity index (χ4n) is 2.38. The first-order valence-corrected chi connectivity index (χ1v) is 11.5. The van der Waals surface area contributed by atoms with E-state index in [0.29, 0.717) is 25.7 Å². The zero-order chi connectivity index (χ0) is 19.6. The maximum absolute atomic E-state index is 13.1. The van der Waals surface area contributed by atoms with Crippen LogP contribution in [-0.4, -0.2) is 44.0 Å². The van der Waals surface area contributed by atoms with Gasteiger partial charge in [-0.25, -0.2) is 0 Å². The van der Waals surface area contributed by atoms with E-state index in [9.17, 15) is 4.79 Å². The number of aromatic nitrogens is 1. The molecule has 1 heterocycles. The van der Waals surface area contributed by atoms with Gasteiger partial charge >= 0.3 is 0 Å². The molecule has 1 aromatic heterocycles. The number of benzene rings is 1. The van der Waals surface area contributed by atoms with Crippen molar-refractivity contribution in [3.05, 3.63) is 42.1 Å². The number of carbonyl (C=O) groups is 1. The summed E-state index contributed by atoms with van der Waals surface area (Å²) in [6, 6.07) is 9.72. The molecule has 144 valence electrons. The lowest BCUT2D eigenvalue weighted by Gasteiger charge is -2.16. The number of pyridine rings is 1. The summed E-state index contributed by atoms with van der Waals surface area (Å²) in [5.74, 6) is 1.10. The van der Waals surface area contributed by atoms with Gasteiger partial charge in [0.2, 0.25) is 0 Å². The van der Waals surface area contributed by atoms with Gasteiger partial charge in [-0.2, -0.15) is 0 Å². The fourth-order valence-corrected chi connectivity index (χ4v) is 4.97. The Morgan fingerprint density at radius 3 is 2.26 bits per heavy atom. The van der Waals surface area contributed by atoms with Crippen LogP contribution in [0.15, 0.2) is 36.5 Å². The highest BCUT2D eigenvalue weighted by Crippen LogP contribution is 2.22. The Morgan fingerprint density at radius 2 is 1.67 bits per heavy atom. The number of ketones is 1. The Balaban J connectivity index is 2.14. The van der Waals surface area contributed by atoms with E-state index in [0.717, 1.165) is 24.0 Å². The van der Waals surface area contributed by atoms with E-state index in [4.69, 9.17) is 24.4 Å². The van der Waals surface area contributed by atoms with E-state index in [2.05, 4.69) is 15.6 Å². The molecule has 0 radical (unpaired) electrons. The van der Waals surface area contributed by atoms with Gasteiger partial charge in [-0.1, -0.05) is 66.2 Å². The summed E-state index contributed by atoms with van der Waals surface area (Å²) in [4.78, 5) is 17.6. The van der Waals surface area contributed by atoms with Crippen molar-refractivity contribution < 1.29 is 4.79 Å². The third kappa shape index (κ3) is 7.03. The highest BCUT2D eigenvalue weighted by molar-refractivity contribution is 8.23. The van der Waals surface area contributed by atoms with E-state index in [1.54, 1.807) is 6.20 Å². The van der Waals surface area contributed by atoms with Gasteiger partial charge in [0.1, 0.15) is 8.64 Å². The molecule has 2 N–H and O–H groups in total. The summed E-state index contributed by atoms with van der Waals surface area (Å²) in [5.41, 5.74) is 1.51. The lowest BCUT2D eigenvalue weighted by Crippen LogP contribution is -2.26. The van der Waals surface area contributed by atoms with Gasteiger partial charge in [0, 0.05) is 47.7 Å². The quantitative estimate of drug-likeness (QED) is 0.469. The van der Waals surface area contributed by atoms with Gasteiger partial charge in [-0.15, -0.1) is 0 Å². The molecule has 8 heteroatoms. The number of nitrogens with one attached hydrogen (secondary N) is 2. The highest BCUT2D eigenvalue weighted by Gasteiger charge is 2.22. The second kappa shape index (κ2) is 11.6. The van der Waals surface area contributed by atoms with Crippen molar-refractivity contribution in [1.29, 1.82) is 0 Å². The average molecular weight is 438 g/mol. The van der Waals surface area contributed by atoms with Crippen molar-refractivity contribution in [1.82, 2.24) is 15.6 Å².